The van der Waals surface area contributed by atoms with Crippen LogP contribution in [0.1, 0.15) is 48.8 Å². The maximum absolute atomic E-state index is 5.50. The maximum Gasteiger partial charge on any atom is 0.0384 e. The predicted molar refractivity (Wildman–Crippen MR) is 216 cm³/mol. The van der Waals surface area contributed by atoms with Crippen LogP contribution < -0.4 is 9.75 Å². The summed E-state index contributed by atoms with van der Waals surface area (Å²) in [5, 5.41) is 8.96. The Bertz CT molecular complexity index is 2230. The highest BCUT2D eigenvalue weighted by molar-refractivity contribution is 8.00. The van der Waals surface area contributed by atoms with Gasteiger partial charge >= 0.3 is 0 Å². The fourth-order valence-corrected chi connectivity index (χ4v) is 9.95. The number of allylic oxidation sites excluding steroid dienone is 7. The average molecular weight is 674 g/mol. The number of hydrogen-bond acceptors (Lipinski definition) is 3. The second-order valence-electron chi connectivity index (χ2n) is 13.4. The van der Waals surface area contributed by atoms with Gasteiger partial charge in [-0.2, -0.15) is 0 Å². The van der Waals surface area contributed by atoms with E-state index in [-0.39, 0.29) is 0 Å². The summed E-state index contributed by atoms with van der Waals surface area (Å²) in [4.78, 5) is 1.46. The summed E-state index contributed by atoms with van der Waals surface area (Å²) < 4.78 is 2.88. The number of benzene rings is 4. The number of aryl methyl sites for hydroxylation is 1. The van der Waals surface area contributed by atoms with E-state index in [1.165, 1.54) is 63.7 Å². The lowest BCUT2D eigenvalue weighted by Crippen LogP contribution is -2.24. The molecular weight excluding hydrogens is 631 g/mol. The molecule has 1 N–H and O–H groups in total. The molecule has 4 atom stereocenters. The molecule has 4 aliphatic rings. The molecule has 0 amide bonds. The van der Waals surface area contributed by atoms with Gasteiger partial charge in [0.15, 0.2) is 0 Å². The van der Waals surface area contributed by atoms with Crippen LogP contribution in [0.3, 0.4) is 0 Å². The Kier molecular flexibility index (Phi) is 10.1. The molecule has 0 fully saturated rings. The quantitative estimate of drug-likeness (QED) is 0.189. The largest absolute Gasteiger partial charge is 0.317 e. The Balaban J connectivity index is 0.000000154. The molecule has 4 unspecified atom stereocenters. The van der Waals surface area contributed by atoms with E-state index in [0.717, 1.165) is 19.3 Å². The van der Waals surface area contributed by atoms with Crippen molar-refractivity contribution in [3.05, 3.63) is 166 Å². The zero-order valence-corrected chi connectivity index (χ0v) is 29.9. The standard InChI is InChI=1S/C25H20S2.C20H20.CH3N/c1-3-7-22-18(5-1)20-11-9-16(14-24(20)26-22)13-17-10-12-21-19-6-2-4-8-23(19)27-25(21)15-17;1-15-9-11-17(12-10-15)19-7-4-8-20(14-19)18-6-3-5-16(2)13-18;1-2/h1-9,11-12,14-15,17,20,24H,10,13H2;3-9,11-15H,10H2,1-2H3;2H,1H2. The first-order valence-electron chi connectivity index (χ1n) is 17.3. The van der Waals surface area contributed by atoms with Crippen molar-refractivity contribution in [3.63, 3.8) is 0 Å². The van der Waals surface area contributed by atoms with Crippen LogP contribution in [0.25, 0.3) is 38.9 Å². The summed E-state index contributed by atoms with van der Waals surface area (Å²) in [5.74, 6) is 1.84. The maximum atomic E-state index is 5.50. The van der Waals surface area contributed by atoms with Crippen molar-refractivity contribution in [3.8, 4) is 11.1 Å². The molecule has 0 saturated heterocycles. The van der Waals surface area contributed by atoms with Crippen LogP contribution in [-0.2, 0) is 0 Å². The van der Waals surface area contributed by atoms with E-state index >= 15 is 0 Å². The fraction of sp³-hybridized carbons (Fsp3) is 0.196. The Morgan fingerprint density at radius 2 is 1.53 bits per heavy atom. The van der Waals surface area contributed by atoms with Gasteiger partial charge in [0.1, 0.15) is 0 Å². The van der Waals surface area contributed by atoms with Gasteiger partial charge in [-0.15, -0.1) is 23.1 Å². The minimum Gasteiger partial charge on any atom is -0.317 e. The lowest BCUT2D eigenvalue weighted by atomic mass is 9.86. The van der Waals surface area contributed by atoms with Crippen molar-refractivity contribution in [2.24, 2.45) is 11.8 Å². The Labute approximate surface area is 299 Å². The molecule has 49 heavy (non-hydrogen) atoms. The minimum atomic E-state index is 0.561. The first kappa shape index (κ1) is 33.1. The van der Waals surface area contributed by atoms with E-state index in [9.17, 15) is 0 Å². The fourth-order valence-electron chi connectivity index (χ4n) is 7.30. The minimum absolute atomic E-state index is 0.561. The van der Waals surface area contributed by atoms with Gasteiger partial charge < -0.3 is 5.41 Å². The van der Waals surface area contributed by atoms with Crippen LogP contribution in [0.5, 0.6) is 0 Å². The molecule has 5 aromatic rings. The summed E-state index contributed by atoms with van der Waals surface area (Å²) in [6.07, 6.45) is 22.7. The number of nitrogens with one attached hydrogen (secondary N) is 1. The van der Waals surface area contributed by atoms with Gasteiger partial charge in [0.25, 0.3) is 0 Å². The van der Waals surface area contributed by atoms with Crippen LogP contribution in [0.2, 0.25) is 0 Å². The third-order valence-corrected chi connectivity index (χ3v) is 12.3. The monoisotopic (exact) mass is 673 g/mol. The highest BCUT2D eigenvalue weighted by Gasteiger charge is 2.32. The van der Waals surface area contributed by atoms with Gasteiger partial charge in [-0.3, -0.25) is 0 Å². The lowest BCUT2D eigenvalue weighted by Gasteiger charge is -2.21. The van der Waals surface area contributed by atoms with Crippen molar-refractivity contribution in [2.45, 2.75) is 49.2 Å². The number of hydrogen-bond donors (Lipinski definition) is 1. The van der Waals surface area contributed by atoms with E-state index in [1.807, 2.05) is 23.1 Å². The van der Waals surface area contributed by atoms with Crippen LogP contribution in [0.4, 0.5) is 0 Å². The highest BCUT2D eigenvalue weighted by atomic mass is 32.2. The molecule has 2 heterocycles. The second-order valence-corrected chi connectivity index (χ2v) is 15.7. The smallest absolute Gasteiger partial charge is 0.0384 e. The van der Waals surface area contributed by atoms with E-state index in [1.54, 1.807) is 0 Å². The number of thioether (sulfide) groups is 1. The third kappa shape index (κ3) is 7.29. The Morgan fingerprint density at radius 3 is 2.37 bits per heavy atom. The van der Waals surface area contributed by atoms with Gasteiger partial charge in [-0.25, -0.2) is 0 Å². The lowest BCUT2D eigenvalue weighted by molar-refractivity contribution is 0.701. The van der Waals surface area contributed by atoms with Crippen LogP contribution >= 0.6 is 23.1 Å². The molecule has 0 radical (unpaired) electrons. The molecule has 0 bridgehead atoms. The van der Waals surface area contributed by atoms with Gasteiger partial charge in [-0.05, 0) is 101 Å². The van der Waals surface area contributed by atoms with E-state index < -0.39 is 0 Å². The van der Waals surface area contributed by atoms with Crippen LogP contribution in [-0.4, -0.2) is 12.0 Å². The van der Waals surface area contributed by atoms with Gasteiger partial charge in [0.2, 0.25) is 0 Å². The normalized spacial score (nSPS) is 21.3. The SMILES string of the molecule is C1=CC2c3ccccc3SC2C=C1CC1C=c2sc3ccccc3c2=CC1.C=N.Cc1cccc(-c2cccc(C3=CCC(C)C=C3)c2)c1. The van der Waals surface area contributed by atoms with Gasteiger partial charge in [0.05, 0.1) is 0 Å². The molecule has 4 aromatic carbocycles. The molecule has 3 aliphatic carbocycles. The Morgan fingerprint density at radius 1 is 0.755 bits per heavy atom. The summed E-state index contributed by atoms with van der Waals surface area (Å²) in [6.45, 7) is 6.90. The molecular formula is C46H43NS2. The van der Waals surface area contributed by atoms with Crippen LogP contribution in [0.15, 0.2) is 144 Å². The van der Waals surface area contributed by atoms with Crippen molar-refractivity contribution >= 4 is 57.6 Å². The van der Waals surface area contributed by atoms with Crippen LogP contribution in [0, 0.1) is 24.2 Å². The summed E-state index contributed by atoms with van der Waals surface area (Å²) in [7, 11) is 0. The molecule has 3 heteroatoms. The van der Waals surface area contributed by atoms with Gasteiger partial charge in [-0.1, -0.05) is 146 Å². The molecule has 1 aliphatic heterocycles. The van der Waals surface area contributed by atoms with Crippen molar-refractivity contribution < 1.29 is 0 Å². The highest BCUT2D eigenvalue weighted by Crippen LogP contribution is 2.49. The number of rotatable bonds is 4. The van der Waals surface area contributed by atoms with E-state index in [2.05, 4.69) is 166 Å². The molecule has 244 valence electrons. The van der Waals surface area contributed by atoms with Crippen molar-refractivity contribution in [1.82, 2.24) is 0 Å². The van der Waals surface area contributed by atoms with Gasteiger partial charge in [0, 0.05) is 25.3 Å². The molecule has 9 rings (SSSR count). The zero-order valence-electron chi connectivity index (χ0n) is 28.3. The zero-order chi connectivity index (χ0) is 33.7. The van der Waals surface area contributed by atoms with E-state index in [4.69, 9.17) is 5.41 Å². The summed E-state index contributed by atoms with van der Waals surface area (Å²) in [6, 6.07) is 35.2. The first-order valence-corrected chi connectivity index (χ1v) is 19.0. The Hall–Kier alpha value is -4.44. The number of thiophene rings is 1. The van der Waals surface area contributed by atoms with Crippen molar-refractivity contribution in [2.75, 3.05) is 0 Å². The average Bonchev–Trinajstić information content (AvgIpc) is 3.70. The topological polar surface area (TPSA) is 23.9 Å². The first-order chi connectivity index (χ1) is 24.1. The number of fused-ring (bicyclic) bond motifs is 6. The summed E-state index contributed by atoms with van der Waals surface area (Å²) >= 11 is 3.98. The molecule has 0 saturated carbocycles. The van der Waals surface area contributed by atoms with E-state index in [0.29, 0.717) is 23.0 Å². The van der Waals surface area contributed by atoms with Crippen molar-refractivity contribution in [1.29, 1.82) is 5.41 Å². The molecule has 1 nitrogen and oxygen atoms in total. The summed E-state index contributed by atoms with van der Waals surface area (Å²) in [5.41, 5.74) is 9.56. The molecule has 1 aromatic heterocycles. The third-order valence-electron chi connectivity index (χ3n) is 9.82. The second kappa shape index (κ2) is 15.0. The predicted octanol–water partition coefficient (Wildman–Crippen LogP) is 11.5. The molecule has 0 spiro atoms.